The maximum atomic E-state index is 12.6. The smallest absolute Gasteiger partial charge is 0.263 e. The van der Waals surface area contributed by atoms with Crippen LogP contribution in [0.2, 0.25) is 5.02 Å². The Labute approximate surface area is 161 Å². The number of hydrogen-bond donors (Lipinski definition) is 0. The van der Waals surface area contributed by atoms with Crippen molar-refractivity contribution in [1.29, 1.82) is 0 Å². The summed E-state index contributed by atoms with van der Waals surface area (Å²) in [6.45, 7) is 4.00. The van der Waals surface area contributed by atoms with E-state index in [2.05, 4.69) is 9.97 Å². The lowest BCUT2D eigenvalue weighted by molar-refractivity contribution is 0.151. The Morgan fingerprint density at radius 1 is 1.00 bits per heavy atom. The molecular formula is C20H19ClF2N2O2. The highest BCUT2D eigenvalue weighted by Crippen LogP contribution is 2.39. The number of ether oxygens (including phenoxy) is 2. The van der Waals surface area contributed by atoms with E-state index in [1.165, 1.54) is 37.6 Å². The molecule has 0 aliphatic rings. The van der Waals surface area contributed by atoms with Crippen molar-refractivity contribution < 1.29 is 18.3 Å². The van der Waals surface area contributed by atoms with Gasteiger partial charge in [0, 0.05) is 35.3 Å². The van der Waals surface area contributed by atoms with Crippen LogP contribution in [0.1, 0.15) is 25.8 Å². The van der Waals surface area contributed by atoms with Crippen LogP contribution in [0.3, 0.4) is 0 Å². The van der Waals surface area contributed by atoms with E-state index < -0.39 is 6.43 Å². The van der Waals surface area contributed by atoms with E-state index in [4.69, 9.17) is 21.1 Å². The van der Waals surface area contributed by atoms with Crippen LogP contribution in [0, 0.1) is 0 Å². The van der Waals surface area contributed by atoms with E-state index in [0.29, 0.717) is 27.6 Å². The summed E-state index contributed by atoms with van der Waals surface area (Å²) in [7, 11) is 1.50. The van der Waals surface area contributed by atoms with E-state index in [-0.39, 0.29) is 11.4 Å². The number of pyridine rings is 2. The molecule has 0 saturated carbocycles. The molecule has 0 bridgehead atoms. The molecule has 0 amide bonds. The summed E-state index contributed by atoms with van der Waals surface area (Å²) in [6, 6.07) is 9.07. The molecule has 3 rings (SSSR count). The Kier molecular flexibility index (Phi) is 7.49. The highest BCUT2D eigenvalue weighted by Gasteiger charge is 2.16. The molecule has 1 aromatic carbocycles. The second-order valence-corrected chi connectivity index (χ2v) is 5.44. The van der Waals surface area contributed by atoms with Crippen LogP contribution < -0.4 is 9.47 Å². The molecule has 3 aromatic rings. The standard InChI is InChI=1S/C18H13ClF2N2O2.C2H6/c1-24-16-14(9-22-10-15(16)19)13-3-2-8-23-18(13)25-12-6-4-11(5-7-12)17(20)21;1-2/h2-10,17H,1H3;1-2H3. The molecule has 0 atom stereocenters. The number of alkyl halides is 2. The van der Waals surface area contributed by atoms with Gasteiger partial charge in [-0.05, 0) is 36.4 Å². The minimum absolute atomic E-state index is 0.0747. The average Bonchev–Trinajstić information content (AvgIpc) is 2.70. The van der Waals surface area contributed by atoms with Gasteiger partial charge in [-0.3, -0.25) is 4.98 Å². The van der Waals surface area contributed by atoms with Gasteiger partial charge in [-0.15, -0.1) is 0 Å². The van der Waals surface area contributed by atoms with Gasteiger partial charge in [0.25, 0.3) is 6.43 Å². The Hall–Kier alpha value is -2.73. The molecule has 4 nitrogen and oxygen atoms in total. The van der Waals surface area contributed by atoms with Gasteiger partial charge in [0.15, 0.2) is 0 Å². The highest BCUT2D eigenvalue weighted by molar-refractivity contribution is 6.32. The minimum atomic E-state index is -2.53. The fourth-order valence-electron chi connectivity index (χ4n) is 2.29. The number of benzene rings is 1. The lowest BCUT2D eigenvalue weighted by Gasteiger charge is -2.13. The van der Waals surface area contributed by atoms with Crippen molar-refractivity contribution in [2.45, 2.75) is 20.3 Å². The van der Waals surface area contributed by atoms with Crippen molar-refractivity contribution in [3.8, 4) is 28.5 Å². The molecule has 0 aliphatic heterocycles. The monoisotopic (exact) mass is 392 g/mol. The van der Waals surface area contributed by atoms with Gasteiger partial charge in [-0.25, -0.2) is 13.8 Å². The summed E-state index contributed by atoms with van der Waals surface area (Å²) in [6.07, 6.45) is 2.11. The number of methoxy groups -OCH3 is 1. The SMILES string of the molecule is CC.COc1c(Cl)cncc1-c1cccnc1Oc1ccc(C(F)F)cc1. The van der Waals surface area contributed by atoms with Gasteiger partial charge < -0.3 is 9.47 Å². The predicted molar refractivity (Wildman–Crippen MR) is 102 cm³/mol. The number of rotatable bonds is 5. The van der Waals surface area contributed by atoms with Crippen LogP contribution in [0.15, 0.2) is 55.0 Å². The third kappa shape index (κ3) is 4.92. The van der Waals surface area contributed by atoms with E-state index in [1.54, 1.807) is 24.5 Å². The molecule has 27 heavy (non-hydrogen) atoms. The van der Waals surface area contributed by atoms with Crippen LogP contribution in [0.4, 0.5) is 8.78 Å². The van der Waals surface area contributed by atoms with E-state index >= 15 is 0 Å². The first-order valence-corrected chi connectivity index (χ1v) is 8.66. The van der Waals surface area contributed by atoms with Crippen molar-refractivity contribution in [3.63, 3.8) is 0 Å². The molecule has 0 fully saturated rings. The van der Waals surface area contributed by atoms with E-state index in [0.717, 1.165) is 0 Å². The topological polar surface area (TPSA) is 44.2 Å². The van der Waals surface area contributed by atoms with Crippen molar-refractivity contribution in [2.75, 3.05) is 7.11 Å². The first kappa shape index (κ1) is 20.6. The molecule has 7 heteroatoms. The molecule has 2 heterocycles. The van der Waals surface area contributed by atoms with Crippen LogP contribution in [-0.4, -0.2) is 17.1 Å². The molecular weight excluding hydrogens is 374 g/mol. The zero-order valence-corrected chi connectivity index (χ0v) is 15.9. The molecule has 0 N–H and O–H groups in total. The van der Waals surface area contributed by atoms with Gasteiger partial charge in [-0.2, -0.15) is 0 Å². The summed E-state index contributed by atoms with van der Waals surface area (Å²) in [5.41, 5.74) is 1.16. The molecule has 142 valence electrons. The normalized spacial score (nSPS) is 10.2. The van der Waals surface area contributed by atoms with Gasteiger partial charge in [0.1, 0.15) is 16.5 Å². The summed E-state index contributed by atoms with van der Waals surface area (Å²) in [5, 5.41) is 0.357. The quantitative estimate of drug-likeness (QED) is 0.493. The van der Waals surface area contributed by atoms with Gasteiger partial charge in [0.05, 0.1) is 7.11 Å². The lowest BCUT2D eigenvalue weighted by atomic mass is 10.1. The number of hydrogen-bond acceptors (Lipinski definition) is 4. The van der Waals surface area contributed by atoms with Crippen molar-refractivity contribution in [1.82, 2.24) is 9.97 Å². The van der Waals surface area contributed by atoms with Gasteiger partial charge in [0.2, 0.25) is 5.88 Å². The molecule has 0 unspecified atom stereocenters. The third-order valence-electron chi connectivity index (χ3n) is 3.47. The fourth-order valence-corrected chi connectivity index (χ4v) is 2.53. The Bertz CT molecular complexity index is 874. The first-order chi connectivity index (χ1) is 13.1. The van der Waals surface area contributed by atoms with E-state index in [9.17, 15) is 8.78 Å². The highest BCUT2D eigenvalue weighted by atomic mass is 35.5. The maximum Gasteiger partial charge on any atom is 0.263 e. The summed E-state index contributed by atoms with van der Waals surface area (Å²) in [4.78, 5) is 8.29. The Morgan fingerprint density at radius 2 is 1.70 bits per heavy atom. The zero-order valence-electron chi connectivity index (χ0n) is 15.1. The van der Waals surface area contributed by atoms with Crippen LogP contribution in [0.25, 0.3) is 11.1 Å². The zero-order chi connectivity index (χ0) is 19.8. The van der Waals surface area contributed by atoms with Gasteiger partial charge in [-0.1, -0.05) is 25.4 Å². The second-order valence-electron chi connectivity index (χ2n) is 5.03. The largest absolute Gasteiger partial charge is 0.494 e. The average molecular weight is 393 g/mol. The van der Waals surface area contributed by atoms with E-state index in [1.807, 2.05) is 13.8 Å². The van der Waals surface area contributed by atoms with Crippen molar-refractivity contribution >= 4 is 11.6 Å². The third-order valence-corrected chi connectivity index (χ3v) is 3.73. The number of halogens is 3. The van der Waals surface area contributed by atoms with Gasteiger partial charge >= 0.3 is 0 Å². The second kappa shape index (κ2) is 9.83. The van der Waals surface area contributed by atoms with Crippen LogP contribution in [0.5, 0.6) is 17.4 Å². The van der Waals surface area contributed by atoms with Crippen LogP contribution in [-0.2, 0) is 0 Å². The van der Waals surface area contributed by atoms with Crippen molar-refractivity contribution in [2.24, 2.45) is 0 Å². The van der Waals surface area contributed by atoms with Crippen molar-refractivity contribution in [3.05, 3.63) is 65.6 Å². The minimum Gasteiger partial charge on any atom is -0.494 e. The summed E-state index contributed by atoms with van der Waals surface area (Å²) in [5.74, 6) is 1.12. The molecule has 0 aliphatic carbocycles. The first-order valence-electron chi connectivity index (χ1n) is 8.29. The maximum absolute atomic E-state index is 12.6. The fraction of sp³-hybridized carbons (Fsp3) is 0.200. The lowest BCUT2D eigenvalue weighted by Crippen LogP contribution is -1.95. The Morgan fingerprint density at radius 3 is 2.33 bits per heavy atom. The summed E-state index contributed by atoms with van der Waals surface area (Å²) < 4.78 is 36.4. The molecule has 0 saturated heterocycles. The predicted octanol–water partition coefficient (Wildman–Crippen LogP) is 6.56. The molecule has 0 spiro atoms. The number of nitrogens with zero attached hydrogens (tertiary/aromatic N) is 2. The Balaban J connectivity index is 0.00000126. The molecule has 0 radical (unpaired) electrons. The molecule has 2 aromatic heterocycles. The van der Waals surface area contributed by atoms with Crippen LogP contribution >= 0.6 is 11.6 Å². The number of aromatic nitrogens is 2. The summed E-state index contributed by atoms with van der Waals surface area (Å²) >= 11 is 6.12.